The van der Waals surface area contributed by atoms with Gasteiger partial charge in [0.15, 0.2) is 0 Å². The number of carboxylic acid groups (broad SMARTS) is 1. The van der Waals surface area contributed by atoms with Crippen molar-refractivity contribution in [2.45, 2.75) is 63.7 Å². The summed E-state index contributed by atoms with van der Waals surface area (Å²) < 4.78 is 5.88. The van der Waals surface area contributed by atoms with Gasteiger partial charge in [-0.15, -0.1) is 10.2 Å². The largest absolute Gasteiger partial charge is 0.481 e. The minimum absolute atomic E-state index is 0.0532. The SMILES string of the molecule is CC12CC3CC(C1)CC(c1nnc(CCC(=O)O)o1)(C3)C2. The quantitative estimate of drug-likeness (QED) is 0.922. The molecule has 1 aromatic heterocycles. The Morgan fingerprint density at radius 1 is 1.29 bits per heavy atom. The fourth-order valence-electron chi connectivity index (χ4n) is 5.75. The first kappa shape index (κ1) is 13.3. The van der Waals surface area contributed by atoms with Crippen molar-refractivity contribution >= 4 is 5.97 Å². The Morgan fingerprint density at radius 2 is 2.00 bits per heavy atom. The third-order valence-electron chi connectivity index (χ3n) is 5.83. The van der Waals surface area contributed by atoms with Crippen LogP contribution in [-0.4, -0.2) is 21.3 Å². The molecule has 2 atom stereocenters. The summed E-state index contributed by atoms with van der Waals surface area (Å²) in [6.45, 7) is 2.42. The molecule has 4 aliphatic carbocycles. The number of hydrogen-bond acceptors (Lipinski definition) is 4. The van der Waals surface area contributed by atoms with Gasteiger partial charge < -0.3 is 9.52 Å². The molecule has 1 aromatic rings. The Bertz CT molecular complexity index is 566. The van der Waals surface area contributed by atoms with E-state index < -0.39 is 5.97 Å². The topological polar surface area (TPSA) is 76.2 Å². The van der Waals surface area contributed by atoms with Crippen LogP contribution in [0, 0.1) is 17.3 Å². The number of rotatable bonds is 4. The highest BCUT2D eigenvalue weighted by molar-refractivity contribution is 5.66. The zero-order valence-corrected chi connectivity index (χ0v) is 12.5. The summed E-state index contributed by atoms with van der Waals surface area (Å²) in [6.07, 6.45) is 7.99. The van der Waals surface area contributed by atoms with Crippen molar-refractivity contribution in [2.24, 2.45) is 17.3 Å². The van der Waals surface area contributed by atoms with Crippen molar-refractivity contribution in [3.05, 3.63) is 11.8 Å². The van der Waals surface area contributed by atoms with E-state index in [0.717, 1.165) is 24.1 Å². The Balaban J connectivity index is 1.59. The molecule has 0 radical (unpaired) electrons. The fraction of sp³-hybridized carbons (Fsp3) is 0.812. The smallest absolute Gasteiger partial charge is 0.303 e. The van der Waals surface area contributed by atoms with E-state index in [1.165, 1.54) is 32.1 Å². The van der Waals surface area contributed by atoms with Crippen LogP contribution in [0.1, 0.15) is 63.7 Å². The molecule has 5 heteroatoms. The fourth-order valence-corrected chi connectivity index (χ4v) is 5.75. The molecule has 21 heavy (non-hydrogen) atoms. The van der Waals surface area contributed by atoms with Gasteiger partial charge in [0, 0.05) is 11.8 Å². The third-order valence-corrected chi connectivity index (χ3v) is 5.83. The van der Waals surface area contributed by atoms with Gasteiger partial charge in [0.05, 0.1) is 6.42 Å². The average molecular weight is 290 g/mol. The van der Waals surface area contributed by atoms with E-state index in [1.807, 2.05) is 0 Å². The Hall–Kier alpha value is -1.39. The summed E-state index contributed by atoms with van der Waals surface area (Å²) in [5.41, 5.74) is 0.521. The van der Waals surface area contributed by atoms with Gasteiger partial charge in [0.1, 0.15) is 0 Å². The van der Waals surface area contributed by atoms with Crippen molar-refractivity contribution < 1.29 is 14.3 Å². The van der Waals surface area contributed by atoms with Crippen molar-refractivity contribution in [1.29, 1.82) is 0 Å². The summed E-state index contributed by atoms with van der Waals surface area (Å²) in [7, 11) is 0. The van der Waals surface area contributed by atoms with Crippen molar-refractivity contribution in [2.75, 3.05) is 0 Å². The molecule has 1 heterocycles. The van der Waals surface area contributed by atoms with Crippen LogP contribution in [0.5, 0.6) is 0 Å². The first-order chi connectivity index (χ1) is 9.96. The highest BCUT2D eigenvalue weighted by atomic mass is 16.4. The lowest BCUT2D eigenvalue weighted by Crippen LogP contribution is -2.53. The molecule has 1 N–H and O–H groups in total. The standard InChI is InChI=1S/C16H22N2O3/c1-15-5-10-4-11(6-15)8-16(7-10,9-15)14-18-17-12(21-14)2-3-13(19)20/h10-11H,2-9H2,1H3,(H,19,20). The zero-order chi connectivity index (χ0) is 14.7. The highest BCUT2D eigenvalue weighted by Crippen LogP contribution is 2.65. The second kappa shape index (κ2) is 4.31. The summed E-state index contributed by atoms with van der Waals surface area (Å²) in [6, 6.07) is 0. The Kier molecular flexibility index (Phi) is 2.72. The van der Waals surface area contributed by atoms with Gasteiger partial charge in [-0.3, -0.25) is 4.79 Å². The van der Waals surface area contributed by atoms with E-state index in [1.54, 1.807) is 0 Å². The Morgan fingerprint density at radius 3 is 2.62 bits per heavy atom. The van der Waals surface area contributed by atoms with Crippen LogP contribution >= 0.6 is 0 Å². The molecule has 4 aliphatic rings. The van der Waals surface area contributed by atoms with E-state index in [4.69, 9.17) is 9.52 Å². The van der Waals surface area contributed by atoms with Crippen LogP contribution in [0.4, 0.5) is 0 Å². The third kappa shape index (κ3) is 2.17. The van der Waals surface area contributed by atoms with Gasteiger partial charge in [-0.1, -0.05) is 6.92 Å². The molecule has 5 rings (SSSR count). The molecular formula is C16H22N2O3. The molecule has 0 saturated heterocycles. The number of carboxylic acids is 1. The van der Waals surface area contributed by atoms with Crippen LogP contribution < -0.4 is 0 Å². The molecule has 0 spiro atoms. The number of aliphatic carboxylic acids is 1. The van der Waals surface area contributed by atoms with Gasteiger partial charge in [-0.2, -0.15) is 0 Å². The number of nitrogens with zero attached hydrogens (tertiary/aromatic N) is 2. The van der Waals surface area contributed by atoms with E-state index in [-0.39, 0.29) is 11.8 Å². The molecular weight excluding hydrogens is 268 g/mol. The minimum atomic E-state index is -0.822. The van der Waals surface area contributed by atoms with Crippen LogP contribution in [-0.2, 0) is 16.6 Å². The molecule has 5 nitrogen and oxygen atoms in total. The van der Waals surface area contributed by atoms with E-state index in [2.05, 4.69) is 17.1 Å². The summed E-state index contributed by atoms with van der Waals surface area (Å²) in [4.78, 5) is 10.7. The average Bonchev–Trinajstić information content (AvgIpc) is 2.82. The zero-order valence-electron chi connectivity index (χ0n) is 12.5. The number of carbonyl (C=O) groups is 1. The van der Waals surface area contributed by atoms with Gasteiger partial charge in [-0.05, 0) is 55.8 Å². The second-order valence-corrected chi connectivity index (χ2v) is 7.95. The summed E-state index contributed by atoms with van der Waals surface area (Å²) in [5, 5.41) is 17.1. The maximum atomic E-state index is 10.7. The monoisotopic (exact) mass is 290 g/mol. The van der Waals surface area contributed by atoms with Gasteiger partial charge >= 0.3 is 5.97 Å². The molecule has 4 fully saturated rings. The molecule has 0 amide bonds. The minimum Gasteiger partial charge on any atom is -0.481 e. The Labute approximate surface area is 124 Å². The first-order valence-electron chi connectivity index (χ1n) is 8.01. The van der Waals surface area contributed by atoms with Crippen molar-refractivity contribution in [1.82, 2.24) is 10.2 Å². The molecule has 4 bridgehead atoms. The lowest BCUT2D eigenvalue weighted by molar-refractivity contribution is -0.137. The maximum absolute atomic E-state index is 10.7. The highest BCUT2D eigenvalue weighted by Gasteiger charge is 2.58. The van der Waals surface area contributed by atoms with Crippen LogP contribution in [0.15, 0.2) is 4.42 Å². The van der Waals surface area contributed by atoms with E-state index in [0.29, 0.717) is 17.7 Å². The molecule has 4 saturated carbocycles. The predicted octanol–water partition coefficient (Wildman–Crippen LogP) is 2.94. The van der Waals surface area contributed by atoms with Gasteiger partial charge in [-0.25, -0.2) is 0 Å². The van der Waals surface area contributed by atoms with Crippen molar-refractivity contribution in [3.63, 3.8) is 0 Å². The number of aryl methyl sites for hydroxylation is 1. The summed E-state index contributed by atoms with van der Waals surface area (Å²) >= 11 is 0. The van der Waals surface area contributed by atoms with E-state index in [9.17, 15) is 4.79 Å². The molecule has 0 aromatic carbocycles. The molecule has 0 aliphatic heterocycles. The van der Waals surface area contributed by atoms with Gasteiger partial charge in [0.2, 0.25) is 11.8 Å². The van der Waals surface area contributed by atoms with Crippen molar-refractivity contribution in [3.8, 4) is 0 Å². The van der Waals surface area contributed by atoms with Gasteiger partial charge in [0.25, 0.3) is 0 Å². The van der Waals surface area contributed by atoms with Crippen LogP contribution in [0.25, 0.3) is 0 Å². The summed E-state index contributed by atoms with van der Waals surface area (Å²) in [5.74, 6) is 2.06. The number of hydrogen-bond donors (Lipinski definition) is 1. The van der Waals surface area contributed by atoms with E-state index >= 15 is 0 Å². The van der Waals surface area contributed by atoms with Crippen LogP contribution in [0.3, 0.4) is 0 Å². The van der Waals surface area contributed by atoms with Crippen LogP contribution in [0.2, 0.25) is 0 Å². The first-order valence-corrected chi connectivity index (χ1v) is 8.01. The molecule has 2 unspecified atom stereocenters. The normalized spacial score (nSPS) is 40.6. The predicted molar refractivity (Wildman–Crippen MR) is 74.7 cm³/mol. The molecule has 114 valence electrons. The lowest BCUT2D eigenvalue weighted by Gasteiger charge is -2.60. The lowest BCUT2D eigenvalue weighted by atomic mass is 9.44. The maximum Gasteiger partial charge on any atom is 0.303 e. The number of aromatic nitrogens is 2. The second-order valence-electron chi connectivity index (χ2n) is 7.95.